The van der Waals surface area contributed by atoms with Crippen LogP contribution in [-0.2, 0) is 21.1 Å². The molecule has 118 valence electrons. The molecular weight excluding hydrogens is 318 g/mol. The van der Waals surface area contributed by atoms with E-state index in [0.29, 0.717) is 19.8 Å². The molecule has 1 atom stereocenters. The average molecular weight is 336 g/mol. The SMILES string of the molecule is C[C@@H]1COCCN1c1nc(Cl)cn(CCS(C)(=O)=O)c1=O. The molecule has 1 saturated heterocycles. The lowest BCUT2D eigenvalue weighted by Crippen LogP contribution is -2.47. The molecule has 1 fully saturated rings. The number of hydrogen-bond donors (Lipinski definition) is 0. The monoisotopic (exact) mass is 335 g/mol. The van der Waals surface area contributed by atoms with E-state index in [-0.39, 0.29) is 34.9 Å². The van der Waals surface area contributed by atoms with Gasteiger partial charge in [0.05, 0.1) is 25.0 Å². The van der Waals surface area contributed by atoms with Crippen molar-refractivity contribution >= 4 is 27.3 Å². The first kappa shape index (κ1) is 16.3. The van der Waals surface area contributed by atoms with Crippen molar-refractivity contribution in [2.75, 3.05) is 36.7 Å². The Kier molecular flexibility index (Phi) is 4.90. The van der Waals surface area contributed by atoms with E-state index in [0.717, 1.165) is 6.26 Å². The van der Waals surface area contributed by atoms with Crippen LogP contribution in [0.4, 0.5) is 5.82 Å². The highest BCUT2D eigenvalue weighted by Crippen LogP contribution is 2.15. The molecule has 0 N–H and O–H groups in total. The molecule has 0 amide bonds. The highest BCUT2D eigenvalue weighted by atomic mass is 35.5. The van der Waals surface area contributed by atoms with Gasteiger partial charge in [0, 0.05) is 25.5 Å². The first-order valence-electron chi connectivity index (χ1n) is 6.57. The van der Waals surface area contributed by atoms with Gasteiger partial charge in [-0.25, -0.2) is 13.4 Å². The number of morpholine rings is 1. The third kappa shape index (κ3) is 4.18. The highest BCUT2D eigenvalue weighted by Gasteiger charge is 2.24. The summed E-state index contributed by atoms with van der Waals surface area (Å²) < 4.78 is 29.1. The Morgan fingerprint density at radius 2 is 2.24 bits per heavy atom. The summed E-state index contributed by atoms with van der Waals surface area (Å²) in [5.74, 6) is 0.123. The summed E-state index contributed by atoms with van der Waals surface area (Å²) in [6.07, 6.45) is 2.50. The third-order valence-corrected chi connectivity index (χ3v) is 4.38. The fraction of sp³-hybridized carbons (Fsp3) is 0.667. The van der Waals surface area contributed by atoms with Crippen molar-refractivity contribution in [3.05, 3.63) is 21.7 Å². The standard InChI is InChI=1S/C12H18ClN3O4S/c1-9-8-20-5-3-16(9)11-12(17)15(7-10(13)14-11)4-6-21(2,18)19/h7,9H,3-6,8H2,1-2H3/t9-/m1/s1. The normalized spacial score (nSPS) is 19.8. The molecule has 21 heavy (non-hydrogen) atoms. The van der Waals surface area contributed by atoms with Crippen molar-refractivity contribution in [2.24, 2.45) is 0 Å². The number of sulfone groups is 1. The van der Waals surface area contributed by atoms with E-state index in [2.05, 4.69) is 4.98 Å². The molecule has 0 aliphatic carbocycles. The van der Waals surface area contributed by atoms with Crippen molar-refractivity contribution in [1.82, 2.24) is 9.55 Å². The van der Waals surface area contributed by atoms with E-state index in [1.807, 2.05) is 11.8 Å². The minimum Gasteiger partial charge on any atom is -0.377 e. The second-order valence-corrected chi connectivity index (χ2v) is 7.78. The molecule has 1 aromatic heterocycles. The summed E-state index contributed by atoms with van der Waals surface area (Å²) in [6.45, 7) is 3.57. The van der Waals surface area contributed by atoms with Gasteiger partial charge in [-0.3, -0.25) is 4.79 Å². The lowest BCUT2D eigenvalue weighted by Gasteiger charge is -2.33. The van der Waals surface area contributed by atoms with Crippen LogP contribution in [0.5, 0.6) is 0 Å². The first-order chi connectivity index (χ1) is 9.78. The smallest absolute Gasteiger partial charge is 0.293 e. The Bertz CT molecular complexity index is 674. The molecule has 9 heteroatoms. The predicted octanol–water partition coefficient (Wildman–Crippen LogP) is 0.166. The predicted molar refractivity (Wildman–Crippen MR) is 80.8 cm³/mol. The van der Waals surface area contributed by atoms with Crippen molar-refractivity contribution in [2.45, 2.75) is 19.5 Å². The van der Waals surface area contributed by atoms with E-state index < -0.39 is 9.84 Å². The van der Waals surface area contributed by atoms with Gasteiger partial charge in [0.25, 0.3) is 5.56 Å². The van der Waals surface area contributed by atoms with Gasteiger partial charge in [0.15, 0.2) is 5.82 Å². The molecule has 0 unspecified atom stereocenters. The van der Waals surface area contributed by atoms with Gasteiger partial charge in [-0.05, 0) is 6.92 Å². The first-order valence-corrected chi connectivity index (χ1v) is 9.01. The topological polar surface area (TPSA) is 81.5 Å². The van der Waals surface area contributed by atoms with Crippen molar-refractivity contribution < 1.29 is 13.2 Å². The Hall–Kier alpha value is -1.12. The van der Waals surface area contributed by atoms with Crippen LogP contribution in [0, 0.1) is 0 Å². The molecule has 0 aromatic carbocycles. The molecule has 0 bridgehead atoms. The van der Waals surface area contributed by atoms with Crippen LogP contribution < -0.4 is 10.5 Å². The fourth-order valence-corrected chi connectivity index (χ4v) is 2.88. The summed E-state index contributed by atoms with van der Waals surface area (Å²) in [4.78, 5) is 18.4. The summed E-state index contributed by atoms with van der Waals surface area (Å²) in [5.41, 5.74) is -0.336. The largest absolute Gasteiger partial charge is 0.377 e. The van der Waals surface area contributed by atoms with E-state index >= 15 is 0 Å². The van der Waals surface area contributed by atoms with Gasteiger partial charge in [0.2, 0.25) is 0 Å². The summed E-state index contributed by atoms with van der Waals surface area (Å²) in [6, 6.07) is 0.0146. The van der Waals surface area contributed by atoms with Crippen LogP contribution in [0.2, 0.25) is 5.15 Å². The Morgan fingerprint density at radius 1 is 1.52 bits per heavy atom. The zero-order chi connectivity index (χ0) is 15.6. The minimum atomic E-state index is -3.16. The molecule has 1 aromatic rings. The maximum atomic E-state index is 12.4. The number of ether oxygens (including phenoxy) is 1. The van der Waals surface area contributed by atoms with Gasteiger partial charge < -0.3 is 14.2 Å². The maximum Gasteiger partial charge on any atom is 0.293 e. The van der Waals surface area contributed by atoms with Gasteiger partial charge in [-0.2, -0.15) is 0 Å². The number of rotatable bonds is 4. The van der Waals surface area contributed by atoms with Crippen LogP contribution in [0.15, 0.2) is 11.0 Å². The van der Waals surface area contributed by atoms with Crippen LogP contribution in [-0.4, -0.2) is 55.8 Å². The zero-order valence-corrected chi connectivity index (χ0v) is 13.5. The molecule has 7 nitrogen and oxygen atoms in total. The van der Waals surface area contributed by atoms with E-state index in [9.17, 15) is 13.2 Å². The Morgan fingerprint density at radius 3 is 2.86 bits per heavy atom. The van der Waals surface area contributed by atoms with Crippen LogP contribution >= 0.6 is 11.6 Å². The second kappa shape index (κ2) is 6.33. The molecule has 1 aliphatic rings. The zero-order valence-electron chi connectivity index (χ0n) is 12.0. The third-order valence-electron chi connectivity index (χ3n) is 3.27. The van der Waals surface area contributed by atoms with E-state index in [4.69, 9.17) is 16.3 Å². The van der Waals surface area contributed by atoms with Gasteiger partial charge in [-0.15, -0.1) is 0 Å². The Labute approximate surface area is 128 Å². The highest BCUT2D eigenvalue weighted by molar-refractivity contribution is 7.90. The molecule has 1 aliphatic heterocycles. The van der Waals surface area contributed by atoms with Gasteiger partial charge in [-0.1, -0.05) is 11.6 Å². The van der Waals surface area contributed by atoms with Crippen molar-refractivity contribution in [1.29, 1.82) is 0 Å². The lowest BCUT2D eigenvalue weighted by molar-refractivity contribution is 0.0983. The quantitative estimate of drug-likeness (QED) is 0.780. The molecule has 2 heterocycles. The molecule has 0 saturated carbocycles. The fourth-order valence-electron chi connectivity index (χ4n) is 2.15. The van der Waals surface area contributed by atoms with E-state index in [1.165, 1.54) is 10.8 Å². The lowest BCUT2D eigenvalue weighted by atomic mass is 10.2. The number of nitrogens with zero attached hydrogens (tertiary/aromatic N) is 3. The van der Waals surface area contributed by atoms with Crippen LogP contribution in [0.3, 0.4) is 0 Å². The maximum absolute atomic E-state index is 12.4. The molecule has 2 rings (SSSR count). The minimum absolute atomic E-state index is 0.0146. The number of halogens is 1. The average Bonchev–Trinajstić information content (AvgIpc) is 2.39. The summed E-state index contributed by atoms with van der Waals surface area (Å²) in [5, 5.41) is 0.164. The molecule has 0 spiro atoms. The van der Waals surface area contributed by atoms with E-state index in [1.54, 1.807) is 0 Å². The van der Waals surface area contributed by atoms with Gasteiger partial charge >= 0.3 is 0 Å². The van der Waals surface area contributed by atoms with Crippen molar-refractivity contribution in [3.63, 3.8) is 0 Å². The van der Waals surface area contributed by atoms with Crippen LogP contribution in [0.1, 0.15) is 6.92 Å². The van der Waals surface area contributed by atoms with Crippen molar-refractivity contribution in [3.8, 4) is 0 Å². The molecular formula is C12H18ClN3O4S. The number of aryl methyl sites for hydroxylation is 1. The van der Waals surface area contributed by atoms with Gasteiger partial charge in [0.1, 0.15) is 15.0 Å². The molecule has 0 radical (unpaired) electrons. The van der Waals surface area contributed by atoms with Crippen LogP contribution in [0.25, 0.3) is 0 Å². The summed E-state index contributed by atoms with van der Waals surface area (Å²) >= 11 is 5.96. The Balaban J connectivity index is 2.34. The number of anilines is 1. The number of hydrogen-bond acceptors (Lipinski definition) is 6. The second-order valence-electron chi connectivity index (χ2n) is 5.13. The summed E-state index contributed by atoms with van der Waals surface area (Å²) in [7, 11) is -3.16. The number of aromatic nitrogens is 2.